The van der Waals surface area contributed by atoms with Crippen molar-refractivity contribution in [3.05, 3.63) is 9.85 Å². The number of thiophene rings is 1. The second-order valence-corrected chi connectivity index (χ2v) is 7.82. The molecule has 1 aliphatic rings. The van der Waals surface area contributed by atoms with Gasteiger partial charge in [-0.05, 0) is 35.8 Å². The molecule has 5 nitrogen and oxygen atoms in total. The maximum Gasteiger partial charge on any atom is 0.297 e. The van der Waals surface area contributed by atoms with Crippen molar-refractivity contribution in [2.75, 3.05) is 5.32 Å². The summed E-state index contributed by atoms with van der Waals surface area (Å²) in [6.07, 6.45) is 0. The van der Waals surface area contributed by atoms with E-state index >= 15 is 0 Å². The van der Waals surface area contributed by atoms with Crippen molar-refractivity contribution in [3.8, 4) is 0 Å². The highest BCUT2D eigenvalue weighted by Gasteiger charge is 2.27. The van der Waals surface area contributed by atoms with Crippen LogP contribution in [0.5, 0.6) is 0 Å². The van der Waals surface area contributed by atoms with Gasteiger partial charge in [-0.3, -0.25) is 0 Å². The summed E-state index contributed by atoms with van der Waals surface area (Å²) in [6.45, 7) is 3.83. The van der Waals surface area contributed by atoms with E-state index in [1.54, 1.807) is 6.07 Å². The lowest BCUT2D eigenvalue weighted by atomic mass is 10.4. The highest BCUT2D eigenvalue weighted by Crippen LogP contribution is 2.37. The quantitative estimate of drug-likeness (QED) is 0.829. The minimum atomic E-state index is -3.56. The molecule has 0 radical (unpaired) electrons. The average molecular weight is 324 g/mol. The van der Waals surface area contributed by atoms with Gasteiger partial charge in [-0.15, -0.1) is 15.7 Å². The number of nitrogens with zero attached hydrogens (tertiary/aromatic N) is 1. The Bertz CT molecular complexity index is 548. The van der Waals surface area contributed by atoms with E-state index in [1.165, 1.54) is 0 Å². The van der Waals surface area contributed by atoms with Crippen molar-refractivity contribution in [1.29, 1.82) is 0 Å². The van der Waals surface area contributed by atoms with E-state index in [4.69, 9.17) is 0 Å². The van der Waals surface area contributed by atoms with Crippen molar-refractivity contribution in [3.63, 3.8) is 0 Å². The summed E-state index contributed by atoms with van der Waals surface area (Å²) in [5.74, 6) is 0.271. The van der Waals surface area contributed by atoms with Crippen LogP contribution >= 0.6 is 27.3 Å². The third kappa shape index (κ3) is 2.23. The van der Waals surface area contributed by atoms with Gasteiger partial charge in [0.2, 0.25) is 5.96 Å². The van der Waals surface area contributed by atoms with Crippen LogP contribution in [0.1, 0.15) is 13.8 Å². The van der Waals surface area contributed by atoms with E-state index in [9.17, 15) is 8.42 Å². The number of sulfonamides is 1. The fourth-order valence-electron chi connectivity index (χ4n) is 1.27. The molecule has 2 heterocycles. The summed E-state index contributed by atoms with van der Waals surface area (Å²) in [6, 6.07) is 1.85. The maximum absolute atomic E-state index is 11.8. The Labute approximate surface area is 106 Å². The molecular weight excluding hydrogens is 314 g/mol. The molecule has 0 fully saturated rings. The zero-order valence-corrected chi connectivity index (χ0v) is 11.8. The van der Waals surface area contributed by atoms with Crippen LogP contribution < -0.4 is 10.6 Å². The van der Waals surface area contributed by atoms with Crippen LogP contribution in [0.25, 0.3) is 0 Å². The Kier molecular flexibility index (Phi) is 2.97. The van der Waals surface area contributed by atoms with Crippen molar-refractivity contribution >= 4 is 48.9 Å². The minimum absolute atomic E-state index is 0.116. The molecule has 0 bridgehead atoms. The maximum atomic E-state index is 11.8. The standard InChI is InChI=1S/C8H10BrN3O2S2/c1-4(2)10-8-11-5-3-6(9)15-7(5)16(13,14)12-8/h3-4H,1-2H3,(H2,10,11,12). The third-order valence-corrected chi connectivity index (χ3v) is 5.22. The fourth-order valence-corrected chi connectivity index (χ4v) is 4.49. The number of fused-ring (bicyclic) bond motifs is 1. The summed E-state index contributed by atoms with van der Waals surface area (Å²) in [5.41, 5.74) is 0.565. The van der Waals surface area contributed by atoms with E-state index in [-0.39, 0.29) is 16.2 Å². The first-order valence-electron chi connectivity index (χ1n) is 4.56. The molecule has 0 amide bonds. The number of nitrogens with one attached hydrogen (secondary N) is 2. The lowest BCUT2D eigenvalue weighted by Gasteiger charge is -2.17. The van der Waals surface area contributed by atoms with Crippen LogP contribution in [0.3, 0.4) is 0 Å². The largest absolute Gasteiger partial charge is 0.353 e. The Morgan fingerprint density at radius 1 is 1.56 bits per heavy atom. The first-order valence-corrected chi connectivity index (χ1v) is 7.61. The van der Waals surface area contributed by atoms with Gasteiger partial charge in [0.05, 0.1) is 9.47 Å². The molecule has 1 aromatic heterocycles. The van der Waals surface area contributed by atoms with Crippen molar-refractivity contribution in [2.45, 2.75) is 24.1 Å². The molecule has 0 saturated heterocycles. The van der Waals surface area contributed by atoms with Crippen LogP contribution in [0, 0.1) is 0 Å². The van der Waals surface area contributed by atoms with Gasteiger partial charge in [-0.25, -0.2) is 0 Å². The molecule has 0 atom stereocenters. The zero-order valence-electron chi connectivity index (χ0n) is 8.61. The first kappa shape index (κ1) is 11.9. The van der Waals surface area contributed by atoms with Gasteiger partial charge >= 0.3 is 0 Å². The number of hydrogen-bond donors (Lipinski definition) is 2. The van der Waals surface area contributed by atoms with E-state index in [0.717, 1.165) is 15.1 Å². The number of halogens is 1. The molecule has 0 aromatic carbocycles. The molecule has 0 unspecified atom stereocenters. The molecule has 16 heavy (non-hydrogen) atoms. The smallest absolute Gasteiger partial charge is 0.297 e. The van der Waals surface area contributed by atoms with Gasteiger partial charge in [0.15, 0.2) is 4.21 Å². The van der Waals surface area contributed by atoms with E-state index in [2.05, 4.69) is 31.0 Å². The van der Waals surface area contributed by atoms with Crippen molar-refractivity contribution < 1.29 is 8.42 Å². The lowest BCUT2D eigenvalue weighted by Crippen LogP contribution is -2.38. The third-order valence-electron chi connectivity index (χ3n) is 1.79. The van der Waals surface area contributed by atoms with Crippen LogP contribution in [-0.4, -0.2) is 20.4 Å². The van der Waals surface area contributed by atoms with Gasteiger partial charge in [-0.1, -0.05) is 0 Å². The molecular formula is C8H10BrN3O2S2. The van der Waals surface area contributed by atoms with Gasteiger partial charge in [-0.2, -0.15) is 8.42 Å². The average Bonchev–Trinajstić information content (AvgIpc) is 2.44. The van der Waals surface area contributed by atoms with Crippen molar-refractivity contribution in [1.82, 2.24) is 5.32 Å². The van der Waals surface area contributed by atoms with E-state index in [0.29, 0.717) is 5.69 Å². The van der Waals surface area contributed by atoms with Crippen LogP contribution in [0.2, 0.25) is 0 Å². The van der Waals surface area contributed by atoms with Crippen LogP contribution in [0.4, 0.5) is 5.69 Å². The molecule has 0 aliphatic carbocycles. The molecule has 8 heteroatoms. The molecule has 2 N–H and O–H groups in total. The minimum Gasteiger partial charge on any atom is -0.353 e. The number of guanidine groups is 1. The monoisotopic (exact) mass is 323 g/mol. The summed E-state index contributed by atoms with van der Waals surface area (Å²) in [4.78, 5) is 0. The fraction of sp³-hybridized carbons (Fsp3) is 0.375. The number of anilines is 1. The molecule has 0 spiro atoms. The molecule has 1 aliphatic heterocycles. The van der Waals surface area contributed by atoms with Gasteiger partial charge < -0.3 is 10.6 Å². The number of hydrogen-bond acceptors (Lipinski definition) is 5. The molecule has 88 valence electrons. The molecule has 1 aromatic rings. The summed E-state index contributed by atoms with van der Waals surface area (Å²) in [7, 11) is -3.56. The Morgan fingerprint density at radius 2 is 2.25 bits per heavy atom. The molecule has 0 saturated carbocycles. The predicted molar refractivity (Wildman–Crippen MR) is 68.5 cm³/mol. The second kappa shape index (κ2) is 4.01. The number of rotatable bonds is 1. The van der Waals surface area contributed by atoms with Crippen LogP contribution in [0.15, 0.2) is 18.5 Å². The lowest BCUT2D eigenvalue weighted by molar-refractivity contribution is 0.599. The topological polar surface area (TPSA) is 70.6 Å². The second-order valence-electron chi connectivity index (χ2n) is 3.59. The SMILES string of the molecule is CC(C)NC1=NS(=O)(=O)c2sc(Br)cc2N1. The van der Waals surface area contributed by atoms with Gasteiger partial charge in [0, 0.05) is 6.04 Å². The van der Waals surface area contributed by atoms with Gasteiger partial charge in [0.1, 0.15) is 0 Å². The van der Waals surface area contributed by atoms with Crippen molar-refractivity contribution in [2.24, 2.45) is 4.40 Å². The summed E-state index contributed by atoms with van der Waals surface area (Å²) < 4.78 is 28.3. The molecule has 2 rings (SSSR count). The Morgan fingerprint density at radius 3 is 2.88 bits per heavy atom. The first-order chi connectivity index (χ1) is 7.38. The highest BCUT2D eigenvalue weighted by atomic mass is 79.9. The van der Waals surface area contributed by atoms with E-state index < -0.39 is 10.0 Å². The predicted octanol–water partition coefficient (Wildman–Crippen LogP) is 1.98. The summed E-state index contributed by atoms with van der Waals surface area (Å²) in [5, 5.41) is 5.88. The Balaban J connectivity index is 2.42. The zero-order chi connectivity index (χ0) is 11.9. The van der Waals surface area contributed by atoms with Crippen LogP contribution in [-0.2, 0) is 10.0 Å². The Hall–Kier alpha value is -0.600. The normalized spacial score (nSPS) is 17.6. The summed E-state index contributed by atoms with van der Waals surface area (Å²) >= 11 is 4.41. The van der Waals surface area contributed by atoms with Gasteiger partial charge in [0.25, 0.3) is 10.0 Å². The highest BCUT2D eigenvalue weighted by molar-refractivity contribution is 9.11. The van der Waals surface area contributed by atoms with E-state index in [1.807, 2.05) is 13.8 Å².